The van der Waals surface area contributed by atoms with E-state index < -0.39 is 5.60 Å². The molecule has 0 atom stereocenters. The summed E-state index contributed by atoms with van der Waals surface area (Å²) >= 11 is 6.06. The average molecular weight is 389 g/mol. The van der Waals surface area contributed by atoms with E-state index in [2.05, 4.69) is 9.97 Å². The van der Waals surface area contributed by atoms with Crippen LogP contribution in [0.3, 0.4) is 0 Å². The van der Waals surface area contributed by atoms with E-state index in [1.165, 1.54) is 0 Å². The van der Waals surface area contributed by atoms with Crippen molar-refractivity contribution in [1.82, 2.24) is 14.9 Å². The number of anilines is 1. The number of rotatable bonds is 3. The van der Waals surface area contributed by atoms with E-state index >= 15 is 0 Å². The number of nitrogen functional groups attached to an aromatic ring is 1. The van der Waals surface area contributed by atoms with Crippen molar-refractivity contribution in [3.05, 3.63) is 46.7 Å². The van der Waals surface area contributed by atoms with Crippen LogP contribution >= 0.6 is 11.6 Å². The Morgan fingerprint density at radius 2 is 2.11 bits per heavy atom. The van der Waals surface area contributed by atoms with E-state index in [0.717, 1.165) is 17.7 Å². The van der Waals surface area contributed by atoms with Gasteiger partial charge in [-0.15, -0.1) is 0 Å². The van der Waals surface area contributed by atoms with Crippen molar-refractivity contribution in [3.8, 4) is 5.75 Å². The van der Waals surface area contributed by atoms with Gasteiger partial charge in [0, 0.05) is 19.3 Å². The zero-order valence-electron chi connectivity index (χ0n) is 14.9. The van der Waals surface area contributed by atoms with Gasteiger partial charge in [-0.1, -0.05) is 23.7 Å². The highest BCUT2D eigenvalue weighted by Gasteiger charge is 2.43. The molecule has 3 heterocycles. The standard InChI is InChI=1S/C19H21ClN4O3/c20-14-3-1-2-4-15(14)26-12-16(25)24-8-6-19(7-9-24)17-13(5-10-27-19)11-22-18(21)23-17/h1-4,11H,5-10,12H2,(H2,21,22,23). The minimum atomic E-state index is -0.481. The highest BCUT2D eigenvalue weighted by Crippen LogP contribution is 2.40. The molecule has 2 aliphatic heterocycles. The van der Waals surface area contributed by atoms with Gasteiger partial charge in [0.25, 0.3) is 5.91 Å². The van der Waals surface area contributed by atoms with Crippen LogP contribution in [-0.4, -0.2) is 47.1 Å². The van der Waals surface area contributed by atoms with Crippen LogP contribution in [0.15, 0.2) is 30.5 Å². The highest BCUT2D eigenvalue weighted by atomic mass is 35.5. The topological polar surface area (TPSA) is 90.6 Å². The molecule has 0 unspecified atom stereocenters. The first kappa shape index (κ1) is 18.0. The summed E-state index contributed by atoms with van der Waals surface area (Å²) in [5, 5.41) is 0.493. The summed E-state index contributed by atoms with van der Waals surface area (Å²) in [5.74, 6) is 0.700. The highest BCUT2D eigenvalue weighted by molar-refractivity contribution is 6.32. The number of nitrogens with two attached hydrogens (primary N) is 1. The maximum atomic E-state index is 12.5. The number of para-hydroxylation sites is 1. The Morgan fingerprint density at radius 1 is 1.33 bits per heavy atom. The molecule has 1 aromatic heterocycles. The van der Waals surface area contributed by atoms with Gasteiger partial charge in [0.15, 0.2) is 6.61 Å². The molecule has 1 saturated heterocycles. The van der Waals surface area contributed by atoms with E-state index in [9.17, 15) is 4.79 Å². The minimum absolute atomic E-state index is 0.0384. The Kier molecular flexibility index (Phi) is 4.88. The normalized spacial score (nSPS) is 18.2. The number of aromatic nitrogens is 2. The molecular weight excluding hydrogens is 368 g/mol. The zero-order chi connectivity index (χ0) is 18.9. The summed E-state index contributed by atoms with van der Waals surface area (Å²) in [6.07, 6.45) is 3.92. The lowest BCUT2D eigenvalue weighted by Gasteiger charge is -2.43. The predicted molar refractivity (Wildman–Crippen MR) is 101 cm³/mol. The summed E-state index contributed by atoms with van der Waals surface area (Å²) in [6, 6.07) is 7.12. The Balaban J connectivity index is 1.40. The summed E-state index contributed by atoms with van der Waals surface area (Å²) in [5.41, 5.74) is 7.26. The second-order valence-electron chi connectivity index (χ2n) is 6.79. The van der Waals surface area contributed by atoms with E-state index in [-0.39, 0.29) is 18.5 Å². The SMILES string of the molecule is Nc1ncc2c(n1)C1(CCN(C(=O)COc3ccccc3Cl)CC1)OCC2. The summed E-state index contributed by atoms with van der Waals surface area (Å²) < 4.78 is 11.7. The Labute approximate surface area is 162 Å². The summed E-state index contributed by atoms with van der Waals surface area (Å²) in [6.45, 7) is 1.75. The first-order valence-electron chi connectivity index (χ1n) is 8.98. The predicted octanol–water partition coefficient (Wildman–Crippen LogP) is 2.18. The number of hydrogen-bond donors (Lipinski definition) is 1. The van der Waals surface area contributed by atoms with Crippen molar-refractivity contribution >= 4 is 23.5 Å². The van der Waals surface area contributed by atoms with Crippen LogP contribution in [0.1, 0.15) is 24.1 Å². The number of ether oxygens (including phenoxy) is 2. The molecule has 2 N–H and O–H groups in total. The van der Waals surface area contributed by atoms with Crippen molar-refractivity contribution in [3.63, 3.8) is 0 Å². The average Bonchev–Trinajstić information content (AvgIpc) is 2.68. The van der Waals surface area contributed by atoms with Crippen molar-refractivity contribution in [2.24, 2.45) is 0 Å². The van der Waals surface area contributed by atoms with Gasteiger partial charge in [0.1, 0.15) is 11.4 Å². The van der Waals surface area contributed by atoms with Gasteiger partial charge in [-0.3, -0.25) is 4.79 Å². The number of piperidine rings is 1. The number of amides is 1. The van der Waals surface area contributed by atoms with Gasteiger partial charge < -0.3 is 20.1 Å². The van der Waals surface area contributed by atoms with Crippen molar-refractivity contribution in [1.29, 1.82) is 0 Å². The van der Waals surface area contributed by atoms with Crippen molar-refractivity contribution < 1.29 is 14.3 Å². The Hall–Kier alpha value is -2.38. The van der Waals surface area contributed by atoms with Crippen LogP contribution in [0, 0.1) is 0 Å². The third-order valence-electron chi connectivity index (χ3n) is 5.18. The zero-order valence-corrected chi connectivity index (χ0v) is 15.6. The molecule has 7 nitrogen and oxygen atoms in total. The number of nitrogens with zero attached hydrogens (tertiary/aromatic N) is 3. The number of hydrogen-bond acceptors (Lipinski definition) is 6. The quantitative estimate of drug-likeness (QED) is 0.866. The van der Waals surface area contributed by atoms with E-state index in [1.54, 1.807) is 23.2 Å². The minimum Gasteiger partial charge on any atom is -0.482 e. The molecular formula is C19H21ClN4O3. The molecule has 0 bridgehead atoms. The van der Waals surface area contributed by atoms with Crippen LogP contribution < -0.4 is 10.5 Å². The number of benzene rings is 1. The Morgan fingerprint density at radius 3 is 2.89 bits per heavy atom. The van der Waals surface area contributed by atoms with Crippen LogP contribution in [0.4, 0.5) is 5.95 Å². The molecule has 0 saturated carbocycles. The van der Waals surface area contributed by atoms with Gasteiger partial charge in [-0.2, -0.15) is 0 Å². The van der Waals surface area contributed by atoms with Crippen LogP contribution in [0.2, 0.25) is 5.02 Å². The van der Waals surface area contributed by atoms with E-state index in [0.29, 0.717) is 43.3 Å². The van der Waals surface area contributed by atoms with Crippen LogP contribution in [0.25, 0.3) is 0 Å². The lowest BCUT2D eigenvalue weighted by Crippen LogP contribution is -2.49. The largest absolute Gasteiger partial charge is 0.482 e. The van der Waals surface area contributed by atoms with Gasteiger partial charge in [0.2, 0.25) is 5.95 Å². The smallest absolute Gasteiger partial charge is 0.260 e. The maximum Gasteiger partial charge on any atom is 0.260 e. The summed E-state index contributed by atoms with van der Waals surface area (Å²) in [4.78, 5) is 22.9. The van der Waals surface area contributed by atoms with Crippen LogP contribution in [-0.2, 0) is 21.6 Å². The van der Waals surface area contributed by atoms with Gasteiger partial charge in [-0.25, -0.2) is 9.97 Å². The molecule has 2 aliphatic rings. The van der Waals surface area contributed by atoms with E-state index in [4.69, 9.17) is 26.8 Å². The fourth-order valence-corrected chi connectivity index (χ4v) is 3.90. The first-order valence-corrected chi connectivity index (χ1v) is 9.36. The monoisotopic (exact) mass is 388 g/mol. The molecule has 27 heavy (non-hydrogen) atoms. The Bertz CT molecular complexity index is 853. The number of likely N-dealkylation sites (tertiary alicyclic amines) is 1. The molecule has 1 aromatic carbocycles. The first-order chi connectivity index (χ1) is 13.1. The van der Waals surface area contributed by atoms with Gasteiger partial charge in [-0.05, 0) is 37.0 Å². The molecule has 4 rings (SSSR count). The number of halogens is 1. The fourth-order valence-electron chi connectivity index (χ4n) is 3.71. The number of carbonyl (C=O) groups is 1. The van der Waals surface area contributed by atoms with Gasteiger partial charge in [0.05, 0.1) is 17.3 Å². The van der Waals surface area contributed by atoms with Crippen molar-refractivity contribution in [2.45, 2.75) is 24.9 Å². The lowest BCUT2D eigenvalue weighted by atomic mass is 9.83. The molecule has 0 aliphatic carbocycles. The van der Waals surface area contributed by atoms with Crippen LogP contribution in [0.5, 0.6) is 5.75 Å². The molecule has 0 radical (unpaired) electrons. The fraction of sp³-hybridized carbons (Fsp3) is 0.421. The molecule has 8 heteroatoms. The summed E-state index contributed by atoms with van der Waals surface area (Å²) in [7, 11) is 0. The molecule has 2 aromatic rings. The second kappa shape index (κ2) is 7.32. The third-order valence-corrected chi connectivity index (χ3v) is 5.49. The molecule has 1 spiro atoms. The van der Waals surface area contributed by atoms with Gasteiger partial charge >= 0.3 is 0 Å². The molecule has 1 amide bonds. The number of carbonyl (C=O) groups excluding carboxylic acids is 1. The lowest BCUT2D eigenvalue weighted by molar-refractivity contribution is -0.143. The van der Waals surface area contributed by atoms with E-state index in [1.807, 2.05) is 12.1 Å². The number of fused-ring (bicyclic) bond motifs is 2. The maximum absolute atomic E-state index is 12.5. The van der Waals surface area contributed by atoms with Crippen molar-refractivity contribution in [2.75, 3.05) is 32.0 Å². The molecule has 142 valence electrons. The second-order valence-corrected chi connectivity index (χ2v) is 7.20. The third kappa shape index (κ3) is 3.57. The molecule has 1 fully saturated rings.